The highest BCUT2D eigenvalue weighted by molar-refractivity contribution is 5.27. The van der Waals surface area contributed by atoms with Crippen molar-refractivity contribution in [1.29, 1.82) is 0 Å². The Bertz CT molecular complexity index is 294. The van der Waals surface area contributed by atoms with Crippen LogP contribution in [0.2, 0.25) is 0 Å². The molecule has 1 aromatic rings. The van der Waals surface area contributed by atoms with Crippen molar-refractivity contribution in [2.75, 3.05) is 19.8 Å². The lowest BCUT2D eigenvalue weighted by Gasteiger charge is -2.17. The first-order valence-corrected chi connectivity index (χ1v) is 5.95. The molecular formula is C13H21NO3. The van der Waals surface area contributed by atoms with Gasteiger partial charge in [0.2, 0.25) is 0 Å². The number of ether oxygens (including phenoxy) is 3. The largest absolute Gasteiger partial charge is 0.488 e. The van der Waals surface area contributed by atoms with Crippen LogP contribution >= 0.6 is 0 Å². The average molecular weight is 239 g/mol. The molecule has 0 radical (unpaired) electrons. The minimum atomic E-state index is -0.306. The molecule has 0 saturated heterocycles. The van der Waals surface area contributed by atoms with Gasteiger partial charge in [0.25, 0.3) is 0 Å². The molecule has 4 nitrogen and oxygen atoms in total. The van der Waals surface area contributed by atoms with Gasteiger partial charge in [-0.2, -0.15) is 0 Å². The third-order valence-corrected chi connectivity index (χ3v) is 2.25. The highest BCUT2D eigenvalue weighted by Gasteiger charge is 2.08. The molecule has 0 fully saturated rings. The standard InChI is InChI=1S/C13H21NO3/c1-3-15-13(16-4-2)10-17-12-7-5-11(9-14)6-8-12/h5-8,13H,3-4,9-10,14H2,1-2H3. The first kappa shape index (κ1) is 14.0. The summed E-state index contributed by atoms with van der Waals surface area (Å²) in [7, 11) is 0. The lowest BCUT2D eigenvalue weighted by Crippen LogP contribution is -2.25. The van der Waals surface area contributed by atoms with Crippen molar-refractivity contribution in [1.82, 2.24) is 0 Å². The molecule has 0 saturated carbocycles. The van der Waals surface area contributed by atoms with Crippen molar-refractivity contribution in [3.05, 3.63) is 29.8 Å². The second-order valence-electron chi connectivity index (χ2n) is 3.50. The minimum Gasteiger partial charge on any atom is -0.488 e. The van der Waals surface area contributed by atoms with E-state index >= 15 is 0 Å². The van der Waals surface area contributed by atoms with E-state index < -0.39 is 0 Å². The van der Waals surface area contributed by atoms with E-state index in [9.17, 15) is 0 Å². The van der Waals surface area contributed by atoms with Crippen LogP contribution in [0.15, 0.2) is 24.3 Å². The van der Waals surface area contributed by atoms with Crippen molar-refractivity contribution in [3.8, 4) is 5.75 Å². The molecule has 0 atom stereocenters. The summed E-state index contributed by atoms with van der Waals surface area (Å²) in [5, 5.41) is 0. The van der Waals surface area contributed by atoms with Gasteiger partial charge in [-0.1, -0.05) is 12.1 Å². The molecule has 1 rings (SSSR count). The van der Waals surface area contributed by atoms with Gasteiger partial charge in [0.1, 0.15) is 12.4 Å². The van der Waals surface area contributed by atoms with Crippen molar-refractivity contribution >= 4 is 0 Å². The zero-order chi connectivity index (χ0) is 12.5. The molecule has 0 bridgehead atoms. The first-order chi connectivity index (χ1) is 8.30. The molecule has 0 heterocycles. The van der Waals surface area contributed by atoms with E-state index in [2.05, 4.69) is 0 Å². The topological polar surface area (TPSA) is 53.7 Å². The van der Waals surface area contributed by atoms with Gasteiger partial charge in [0.05, 0.1) is 0 Å². The zero-order valence-electron chi connectivity index (χ0n) is 10.5. The summed E-state index contributed by atoms with van der Waals surface area (Å²) < 4.78 is 16.3. The number of hydrogen-bond acceptors (Lipinski definition) is 4. The highest BCUT2D eigenvalue weighted by atomic mass is 16.7. The number of rotatable bonds is 8. The molecule has 2 N–H and O–H groups in total. The molecule has 1 aromatic carbocycles. The Hall–Kier alpha value is -1.10. The molecule has 96 valence electrons. The zero-order valence-corrected chi connectivity index (χ0v) is 10.5. The lowest BCUT2D eigenvalue weighted by atomic mass is 10.2. The fourth-order valence-electron chi connectivity index (χ4n) is 1.40. The van der Waals surface area contributed by atoms with Gasteiger partial charge in [-0.3, -0.25) is 0 Å². The maximum Gasteiger partial charge on any atom is 0.191 e. The second kappa shape index (κ2) is 8.06. The van der Waals surface area contributed by atoms with Crippen LogP contribution in [0.25, 0.3) is 0 Å². The summed E-state index contributed by atoms with van der Waals surface area (Å²) in [5.74, 6) is 0.798. The maximum absolute atomic E-state index is 5.58. The molecule has 17 heavy (non-hydrogen) atoms. The van der Waals surface area contributed by atoms with Gasteiger partial charge in [-0.25, -0.2) is 0 Å². The van der Waals surface area contributed by atoms with E-state index in [-0.39, 0.29) is 6.29 Å². The molecule has 0 aliphatic heterocycles. The van der Waals surface area contributed by atoms with Gasteiger partial charge in [-0.05, 0) is 31.5 Å². The van der Waals surface area contributed by atoms with E-state index in [0.717, 1.165) is 11.3 Å². The van der Waals surface area contributed by atoms with Crippen LogP contribution in [0.4, 0.5) is 0 Å². The average Bonchev–Trinajstić information content (AvgIpc) is 2.37. The molecule has 0 aromatic heterocycles. The van der Waals surface area contributed by atoms with Crippen LogP contribution in [-0.2, 0) is 16.0 Å². The fraction of sp³-hybridized carbons (Fsp3) is 0.538. The predicted molar refractivity (Wildman–Crippen MR) is 66.9 cm³/mol. The van der Waals surface area contributed by atoms with Crippen LogP contribution in [0.5, 0.6) is 5.75 Å². The summed E-state index contributed by atoms with van der Waals surface area (Å²) >= 11 is 0. The number of nitrogens with two attached hydrogens (primary N) is 1. The SMILES string of the molecule is CCOC(COc1ccc(CN)cc1)OCC. The van der Waals surface area contributed by atoms with Gasteiger partial charge in [0.15, 0.2) is 6.29 Å². The van der Waals surface area contributed by atoms with Crippen LogP contribution < -0.4 is 10.5 Å². The lowest BCUT2D eigenvalue weighted by molar-refractivity contribution is -0.152. The van der Waals surface area contributed by atoms with Crippen LogP contribution in [-0.4, -0.2) is 26.1 Å². The van der Waals surface area contributed by atoms with E-state index in [1.54, 1.807) is 0 Å². The van der Waals surface area contributed by atoms with Crippen molar-refractivity contribution in [2.45, 2.75) is 26.7 Å². The van der Waals surface area contributed by atoms with Gasteiger partial charge in [-0.15, -0.1) is 0 Å². The summed E-state index contributed by atoms with van der Waals surface area (Å²) in [5.41, 5.74) is 6.61. The van der Waals surface area contributed by atoms with E-state index in [0.29, 0.717) is 26.4 Å². The molecule has 0 aliphatic rings. The quantitative estimate of drug-likeness (QED) is 0.704. The Morgan fingerprint density at radius 2 is 1.65 bits per heavy atom. The maximum atomic E-state index is 5.58. The number of benzene rings is 1. The molecule has 4 heteroatoms. The smallest absolute Gasteiger partial charge is 0.191 e. The molecule has 0 aliphatic carbocycles. The highest BCUT2D eigenvalue weighted by Crippen LogP contribution is 2.12. The molecule has 0 unspecified atom stereocenters. The number of hydrogen-bond donors (Lipinski definition) is 1. The van der Waals surface area contributed by atoms with Crippen LogP contribution in [0, 0.1) is 0 Å². The Labute approximate surface area is 103 Å². The summed E-state index contributed by atoms with van der Waals surface area (Å²) in [6, 6.07) is 7.70. The van der Waals surface area contributed by atoms with Gasteiger partial charge < -0.3 is 19.9 Å². The van der Waals surface area contributed by atoms with Crippen LogP contribution in [0.3, 0.4) is 0 Å². The second-order valence-corrected chi connectivity index (χ2v) is 3.50. The Balaban J connectivity index is 2.41. The third kappa shape index (κ3) is 5.17. The van der Waals surface area contributed by atoms with E-state index in [1.165, 1.54) is 0 Å². The Morgan fingerprint density at radius 3 is 2.12 bits per heavy atom. The third-order valence-electron chi connectivity index (χ3n) is 2.25. The minimum absolute atomic E-state index is 0.306. The normalized spacial score (nSPS) is 10.8. The summed E-state index contributed by atoms with van der Waals surface area (Å²) in [6.07, 6.45) is -0.306. The Kier molecular flexibility index (Phi) is 6.62. The molecule has 0 amide bonds. The van der Waals surface area contributed by atoms with Crippen molar-refractivity contribution in [2.24, 2.45) is 5.73 Å². The van der Waals surface area contributed by atoms with Crippen LogP contribution in [0.1, 0.15) is 19.4 Å². The van der Waals surface area contributed by atoms with E-state index in [4.69, 9.17) is 19.9 Å². The van der Waals surface area contributed by atoms with Gasteiger partial charge in [0, 0.05) is 19.8 Å². The monoisotopic (exact) mass is 239 g/mol. The fourth-order valence-corrected chi connectivity index (χ4v) is 1.40. The Morgan fingerprint density at radius 1 is 1.06 bits per heavy atom. The first-order valence-electron chi connectivity index (χ1n) is 5.95. The molecule has 0 spiro atoms. The summed E-state index contributed by atoms with van der Waals surface area (Å²) in [4.78, 5) is 0. The summed E-state index contributed by atoms with van der Waals surface area (Å²) in [6.45, 7) is 6.02. The van der Waals surface area contributed by atoms with Crippen molar-refractivity contribution < 1.29 is 14.2 Å². The van der Waals surface area contributed by atoms with E-state index in [1.807, 2.05) is 38.1 Å². The van der Waals surface area contributed by atoms with Gasteiger partial charge >= 0.3 is 0 Å². The predicted octanol–water partition coefficient (Wildman–Crippen LogP) is 1.92. The molecular weight excluding hydrogens is 218 g/mol. The van der Waals surface area contributed by atoms with Crippen molar-refractivity contribution in [3.63, 3.8) is 0 Å².